The number of methoxy groups -OCH3 is 2. The highest BCUT2D eigenvalue weighted by Crippen LogP contribution is 2.72. The van der Waals surface area contributed by atoms with E-state index in [0.29, 0.717) is 83.0 Å². The Kier molecular flexibility index (Phi) is 9.90. The smallest absolute Gasteiger partial charge is 0.332 e. The predicted octanol–water partition coefficient (Wildman–Crippen LogP) is 5.17. The van der Waals surface area contributed by atoms with Gasteiger partial charge in [0.25, 0.3) is 0 Å². The normalized spacial score (nSPS) is 29.1. The minimum absolute atomic E-state index is 0.0358. The van der Waals surface area contributed by atoms with Crippen LogP contribution in [0.25, 0.3) is 0 Å². The summed E-state index contributed by atoms with van der Waals surface area (Å²) >= 11 is 1.48. The zero-order valence-corrected chi connectivity index (χ0v) is 37.8. The molecule has 0 amide bonds. The van der Waals surface area contributed by atoms with Crippen LogP contribution in [0.3, 0.4) is 0 Å². The summed E-state index contributed by atoms with van der Waals surface area (Å²) in [7, 11) is 5.01. The first-order valence-corrected chi connectivity index (χ1v) is 23.1. The van der Waals surface area contributed by atoms with Crippen molar-refractivity contribution in [3.8, 4) is 40.2 Å². The van der Waals surface area contributed by atoms with Crippen LogP contribution in [0.1, 0.15) is 81.1 Å². The number of phenols is 1. The van der Waals surface area contributed by atoms with Gasteiger partial charge in [-0.1, -0.05) is 36.4 Å². The number of aliphatic hydroxyl groups is 1. The number of aliphatic hydroxyl groups excluding tert-OH is 1. The van der Waals surface area contributed by atoms with Crippen LogP contribution in [0.4, 0.5) is 0 Å². The number of carbonyl (C=O) groups is 3. The number of hydrogen-bond acceptors (Lipinski definition) is 16. The number of esters is 3. The number of carbonyl (C=O) groups excluding carboxylic acids is 3. The van der Waals surface area contributed by atoms with Crippen molar-refractivity contribution in [3.63, 3.8) is 0 Å². The Hall–Kier alpha value is -5.52. The van der Waals surface area contributed by atoms with Gasteiger partial charge in [0.2, 0.25) is 6.79 Å². The largest absolute Gasteiger partial charge is 0.504 e. The molecule has 16 heteroatoms. The monoisotopic (exact) mass is 905 g/mol. The molecule has 1 saturated carbocycles. The Morgan fingerprint density at radius 3 is 2.52 bits per heavy atom. The Morgan fingerprint density at radius 1 is 0.985 bits per heavy atom. The van der Waals surface area contributed by atoms with Crippen molar-refractivity contribution in [1.82, 2.24) is 15.1 Å². The first-order chi connectivity index (χ1) is 31.3. The summed E-state index contributed by atoms with van der Waals surface area (Å²) in [4.78, 5) is 45.9. The number of aryl methyl sites for hydroxylation is 2. The topological polar surface area (TPSA) is 175 Å². The van der Waals surface area contributed by atoms with Crippen LogP contribution < -0.4 is 33.7 Å². The second-order valence-corrected chi connectivity index (χ2v) is 19.3. The molecule has 65 heavy (non-hydrogen) atoms. The number of likely N-dealkylation sites (N-methyl/N-ethyl adjacent to an activating group) is 1. The van der Waals surface area contributed by atoms with Crippen LogP contribution in [-0.2, 0) is 49.5 Å². The molecule has 0 aromatic heterocycles. The number of ether oxygens (including phenoxy) is 7. The zero-order chi connectivity index (χ0) is 45.3. The van der Waals surface area contributed by atoms with Gasteiger partial charge >= 0.3 is 17.9 Å². The van der Waals surface area contributed by atoms with E-state index in [2.05, 4.69) is 15.1 Å². The van der Waals surface area contributed by atoms with E-state index in [-0.39, 0.29) is 36.2 Å². The van der Waals surface area contributed by atoms with E-state index in [1.165, 1.54) is 25.8 Å². The number of thioether (sulfide) groups is 1. The van der Waals surface area contributed by atoms with E-state index in [9.17, 15) is 19.8 Å². The molecule has 12 rings (SSSR count). The molecule has 1 aliphatic carbocycles. The SMILES string of the molecule is COc1cc2c(cc1OC(=O)CCc1ccccc1)CCN[C@]21CS[C@@H]2c3c(OC(C)=O)c(C)c4c(c3C3(CC3OC1=O)N1C2[C@H]2c3c(cc(C)c(OC)c3O)C[C@@H]([C@@H]1O)N2C)OCO4. The number of fused-ring (bicyclic) bond motifs is 8. The quantitative estimate of drug-likeness (QED) is 0.164. The van der Waals surface area contributed by atoms with Crippen molar-refractivity contribution in [2.75, 3.05) is 40.4 Å². The molecule has 3 N–H and O–H groups in total. The van der Waals surface area contributed by atoms with Gasteiger partial charge in [0.15, 0.2) is 40.0 Å². The molecule has 7 aliphatic heterocycles. The lowest BCUT2D eigenvalue weighted by atomic mass is 9.72. The van der Waals surface area contributed by atoms with Gasteiger partial charge < -0.3 is 43.4 Å². The summed E-state index contributed by atoms with van der Waals surface area (Å²) in [6.07, 6.45) is 0.0856. The Balaban J connectivity index is 1.08. The fraction of sp³-hybridized carbons (Fsp3) is 0.449. The maximum absolute atomic E-state index is 15.3. The van der Waals surface area contributed by atoms with Crippen LogP contribution in [0.5, 0.6) is 40.2 Å². The van der Waals surface area contributed by atoms with Gasteiger partial charge in [-0.15, -0.1) is 11.8 Å². The molecule has 15 nitrogen and oxygen atoms in total. The van der Waals surface area contributed by atoms with Crippen LogP contribution >= 0.6 is 11.8 Å². The van der Waals surface area contributed by atoms with Gasteiger partial charge in [-0.05, 0) is 80.1 Å². The van der Waals surface area contributed by atoms with Crippen molar-refractivity contribution >= 4 is 29.7 Å². The third-order valence-electron chi connectivity index (χ3n) is 14.8. The van der Waals surface area contributed by atoms with E-state index in [1.54, 1.807) is 19.2 Å². The molecule has 8 aliphatic rings. The highest BCUT2D eigenvalue weighted by atomic mass is 32.2. The third-order valence-corrected chi connectivity index (χ3v) is 16.3. The summed E-state index contributed by atoms with van der Waals surface area (Å²) in [5, 5.41) is 28.1. The van der Waals surface area contributed by atoms with Crippen molar-refractivity contribution in [2.45, 2.75) is 99.7 Å². The van der Waals surface area contributed by atoms with Gasteiger partial charge in [-0.3, -0.25) is 24.7 Å². The number of aromatic hydroxyl groups is 1. The molecule has 3 unspecified atom stereocenters. The van der Waals surface area contributed by atoms with Crippen molar-refractivity contribution in [2.24, 2.45) is 0 Å². The minimum atomic E-state index is -1.42. The lowest BCUT2D eigenvalue weighted by Gasteiger charge is -2.62. The Bertz CT molecular complexity index is 2700. The van der Waals surface area contributed by atoms with Crippen molar-refractivity contribution < 1.29 is 57.8 Å². The molecular weight excluding hydrogens is 855 g/mol. The number of piperazine rings is 1. The zero-order valence-electron chi connectivity index (χ0n) is 37.0. The summed E-state index contributed by atoms with van der Waals surface area (Å²) in [6.45, 7) is 5.44. The third kappa shape index (κ3) is 6.06. The molecule has 4 bridgehead atoms. The average Bonchev–Trinajstić information content (AvgIpc) is 3.73. The maximum atomic E-state index is 15.3. The second-order valence-electron chi connectivity index (χ2n) is 18.2. The molecule has 4 aromatic rings. The van der Waals surface area contributed by atoms with Gasteiger partial charge in [0.1, 0.15) is 18.1 Å². The van der Waals surface area contributed by atoms with E-state index >= 15 is 4.79 Å². The highest BCUT2D eigenvalue weighted by Gasteiger charge is 2.75. The van der Waals surface area contributed by atoms with Gasteiger partial charge in [-0.25, -0.2) is 4.79 Å². The molecule has 7 heterocycles. The number of rotatable bonds is 7. The van der Waals surface area contributed by atoms with Gasteiger partial charge in [0.05, 0.1) is 37.1 Å². The fourth-order valence-corrected chi connectivity index (χ4v) is 13.6. The van der Waals surface area contributed by atoms with Crippen LogP contribution in [0.15, 0.2) is 48.5 Å². The van der Waals surface area contributed by atoms with Crippen molar-refractivity contribution in [3.05, 3.63) is 98.6 Å². The second kappa shape index (κ2) is 15.3. The minimum Gasteiger partial charge on any atom is -0.504 e. The van der Waals surface area contributed by atoms with Crippen molar-refractivity contribution in [1.29, 1.82) is 0 Å². The number of nitrogens with zero attached hydrogens (tertiary/aromatic N) is 2. The summed E-state index contributed by atoms with van der Waals surface area (Å²) in [6, 6.07) is 13.8. The number of hydrogen-bond donors (Lipinski definition) is 3. The van der Waals surface area contributed by atoms with Crippen LogP contribution in [0.2, 0.25) is 0 Å². The molecule has 2 spiro atoms. The molecule has 340 valence electrons. The lowest BCUT2D eigenvalue weighted by molar-refractivity contribution is -0.190. The molecule has 2 saturated heterocycles. The number of phenolic OH excluding ortho intramolecular Hbond substituents is 1. The molecule has 4 aromatic carbocycles. The number of benzene rings is 4. The average molecular weight is 906 g/mol. The molecule has 8 atom stereocenters. The predicted molar refractivity (Wildman–Crippen MR) is 236 cm³/mol. The first-order valence-electron chi connectivity index (χ1n) is 22.1. The van der Waals surface area contributed by atoms with E-state index in [0.717, 1.165) is 22.3 Å². The summed E-state index contributed by atoms with van der Waals surface area (Å²) < 4.78 is 43.1. The first kappa shape index (κ1) is 42.1. The summed E-state index contributed by atoms with van der Waals surface area (Å²) in [5.41, 5.74) is 4.21. The fourth-order valence-electron chi connectivity index (χ4n) is 11.9. The van der Waals surface area contributed by atoms with E-state index in [1.807, 2.05) is 57.3 Å². The highest BCUT2D eigenvalue weighted by molar-refractivity contribution is 7.99. The Labute approximate surface area is 380 Å². The lowest BCUT2D eigenvalue weighted by Crippen LogP contribution is -2.72. The molecule has 0 radical (unpaired) electrons. The molecular formula is C49H51N3O12S. The summed E-state index contributed by atoms with van der Waals surface area (Å²) in [5.74, 6) is 0.888. The Morgan fingerprint density at radius 2 is 1.77 bits per heavy atom. The van der Waals surface area contributed by atoms with Crippen LogP contribution in [-0.4, -0.2) is 103 Å². The number of nitrogens with one attached hydrogen (secondary N) is 1. The standard InChI is InChI=1S/C49H51N3O12S/c1-23-16-28-17-30-46(56)52-39(38(51(30)4)35(28)40(55)41(23)59-6)45-36-37(44-43(60-22-61-44)24(2)42(36)62-25(3)53)49(52)20-33(49)64-47(57)48(21-65-45)29-19-31(58-5)32(18-27(29)14-15-50-48)63-34(54)13-12-26-10-8-7-9-11-26/h7-11,16,18-19,30,33,38-39,45-46,50,55-56H,12-15,17,20-22H2,1-6H3/t30-,33?,38+,39?,45+,46-,48+,49?/m0/s1. The van der Waals surface area contributed by atoms with Gasteiger partial charge in [0, 0.05) is 60.4 Å². The van der Waals surface area contributed by atoms with E-state index < -0.39 is 64.7 Å². The van der Waals surface area contributed by atoms with Gasteiger partial charge in [-0.2, -0.15) is 0 Å². The maximum Gasteiger partial charge on any atom is 0.332 e. The molecule has 3 fully saturated rings. The van der Waals surface area contributed by atoms with E-state index in [4.69, 9.17) is 33.2 Å². The van der Waals surface area contributed by atoms with Crippen LogP contribution in [0, 0.1) is 13.8 Å².